The molecule has 9 heteroatoms. The Labute approximate surface area is 203 Å². The van der Waals surface area contributed by atoms with E-state index >= 15 is 0 Å². The van der Waals surface area contributed by atoms with Crippen molar-refractivity contribution in [3.63, 3.8) is 0 Å². The molecule has 2 N–H and O–H groups in total. The molecule has 0 radical (unpaired) electrons. The Morgan fingerprint density at radius 3 is 2.51 bits per heavy atom. The number of nitrogens with zero attached hydrogens (tertiary/aromatic N) is 6. The highest BCUT2D eigenvalue weighted by Gasteiger charge is 2.26. The van der Waals surface area contributed by atoms with Gasteiger partial charge >= 0.3 is 0 Å². The van der Waals surface area contributed by atoms with E-state index in [1.54, 1.807) is 24.2 Å². The van der Waals surface area contributed by atoms with Crippen LogP contribution in [-0.4, -0.2) is 48.2 Å². The number of hydrogen-bond acceptors (Lipinski definition) is 7. The fourth-order valence-corrected chi connectivity index (χ4v) is 4.26. The SMILES string of the molecule is COc1ccc(C(c2nnc3cc(-c4ccnc(Nc5ccnn5C)c4)ccn23)C(C)CO)cc1. The van der Waals surface area contributed by atoms with Crippen LogP contribution in [0.1, 0.15) is 24.2 Å². The quantitative estimate of drug-likeness (QED) is 0.354. The van der Waals surface area contributed by atoms with Gasteiger partial charge in [-0.15, -0.1) is 10.2 Å². The molecule has 4 heterocycles. The molecular weight excluding hydrogens is 442 g/mol. The van der Waals surface area contributed by atoms with Crippen molar-refractivity contribution in [2.24, 2.45) is 13.0 Å². The maximum atomic E-state index is 9.97. The van der Waals surface area contributed by atoms with Crippen LogP contribution >= 0.6 is 0 Å². The summed E-state index contributed by atoms with van der Waals surface area (Å²) in [5, 5.41) is 26.4. The number of aryl methyl sites for hydroxylation is 1. The third-order valence-corrected chi connectivity index (χ3v) is 6.22. The number of nitrogens with one attached hydrogen (secondary N) is 1. The fourth-order valence-electron chi connectivity index (χ4n) is 4.26. The molecule has 2 atom stereocenters. The van der Waals surface area contributed by atoms with Crippen LogP contribution in [0.3, 0.4) is 0 Å². The molecule has 0 aliphatic rings. The molecule has 1 aromatic carbocycles. The second kappa shape index (κ2) is 9.55. The Hall–Kier alpha value is -4.24. The smallest absolute Gasteiger partial charge is 0.161 e. The summed E-state index contributed by atoms with van der Waals surface area (Å²) in [6.45, 7) is 2.05. The molecule has 0 bridgehead atoms. The Morgan fingerprint density at radius 2 is 1.80 bits per heavy atom. The summed E-state index contributed by atoms with van der Waals surface area (Å²) >= 11 is 0. The number of aromatic nitrogens is 6. The van der Waals surface area contributed by atoms with Crippen molar-refractivity contribution >= 4 is 17.3 Å². The van der Waals surface area contributed by atoms with Gasteiger partial charge in [0.1, 0.15) is 23.2 Å². The van der Waals surface area contributed by atoms with Gasteiger partial charge in [-0.3, -0.25) is 9.08 Å². The summed E-state index contributed by atoms with van der Waals surface area (Å²) in [6, 6.07) is 17.8. The van der Waals surface area contributed by atoms with Gasteiger partial charge < -0.3 is 15.2 Å². The molecule has 0 saturated heterocycles. The molecule has 0 spiro atoms. The van der Waals surface area contributed by atoms with Gasteiger partial charge in [0.05, 0.1) is 13.3 Å². The minimum atomic E-state index is -0.123. The van der Waals surface area contributed by atoms with Crippen LogP contribution in [-0.2, 0) is 7.05 Å². The Kier molecular flexibility index (Phi) is 6.15. The maximum absolute atomic E-state index is 9.97. The third kappa shape index (κ3) is 4.45. The summed E-state index contributed by atoms with van der Waals surface area (Å²) < 4.78 is 9.04. The first-order chi connectivity index (χ1) is 17.1. The van der Waals surface area contributed by atoms with E-state index in [0.717, 1.165) is 45.5 Å². The molecule has 0 fully saturated rings. The minimum absolute atomic E-state index is 0.0349. The van der Waals surface area contributed by atoms with E-state index in [0.29, 0.717) is 0 Å². The van der Waals surface area contributed by atoms with E-state index in [9.17, 15) is 5.11 Å². The molecule has 0 aliphatic carbocycles. The summed E-state index contributed by atoms with van der Waals surface area (Å²) in [4.78, 5) is 4.43. The second-order valence-corrected chi connectivity index (χ2v) is 8.51. The number of fused-ring (bicyclic) bond motifs is 1. The van der Waals surface area contributed by atoms with Gasteiger partial charge in [0.2, 0.25) is 0 Å². The first-order valence-electron chi connectivity index (χ1n) is 11.4. The lowest BCUT2D eigenvalue weighted by atomic mass is 9.87. The standard InChI is InChI=1S/C26H27N7O2/c1-17(16-34)25(18-4-6-21(35-3)7-5-18)26-31-30-24-15-20(10-13-33(24)26)19-8-11-27-22(14-19)29-23-9-12-28-32(23)2/h4-15,17,25,34H,16H2,1-3H3,(H,27,29). The van der Waals surface area contributed by atoms with Crippen LogP contribution in [0.15, 0.2) is 73.2 Å². The molecule has 5 aromatic rings. The number of rotatable bonds is 8. The van der Waals surface area contributed by atoms with Crippen LogP contribution in [0.2, 0.25) is 0 Å². The molecule has 4 aromatic heterocycles. The number of anilines is 2. The van der Waals surface area contributed by atoms with Crippen molar-refractivity contribution in [1.82, 2.24) is 29.4 Å². The van der Waals surface area contributed by atoms with Crippen molar-refractivity contribution < 1.29 is 9.84 Å². The van der Waals surface area contributed by atoms with Crippen LogP contribution in [0.25, 0.3) is 16.8 Å². The minimum Gasteiger partial charge on any atom is -0.497 e. The van der Waals surface area contributed by atoms with Crippen molar-refractivity contribution in [2.75, 3.05) is 19.0 Å². The molecule has 2 unspecified atom stereocenters. The third-order valence-electron chi connectivity index (χ3n) is 6.22. The van der Waals surface area contributed by atoms with Crippen molar-refractivity contribution in [3.05, 3.63) is 84.6 Å². The van der Waals surface area contributed by atoms with Gasteiger partial charge in [0, 0.05) is 38.0 Å². The topological polar surface area (TPSA) is 102 Å². The highest BCUT2D eigenvalue weighted by atomic mass is 16.5. The largest absolute Gasteiger partial charge is 0.497 e. The average Bonchev–Trinajstić information content (AvgIpc) is 3.50. The summed E-state index contributed by atoms with van der Waals surface area (Å²) in [5.74, 6) is 2.99. The Bertz CT molecular complexity index is 1440. The average molecular weight is 470 g/mol. The van der Waals surface area contributed by atoms with Crippen LogP contribution < -0.4 is 10.1 Å². The molecule has 0 aliphatic heterocycles. The van der Waals surface area contributed by atoms with Crippen molar-refractivity contribution in [1.29, 1.82) is 0 Å². The summed E-state index contributed by atoms with van der Waals surface area (Å²) in [5.41, 5.74) is 3.79. The Morgan fingerprint density at radius 1 is 1.00 bits per heavy atom. The molecule has 9 nitrogen and oxygen atoms in total. The number of methoxy groups -OCH3 is 1. The van der Waals surface area contributed by atoms with E-state index in [-0.39, 0.29) is 18.4 Å². The number of hydrogen-bond donors (Lipinski definition) is 2. The first kappa shape index (κ1) is 22.5. The number of benzene rings is 1. The maximum Gasteiger partial charge on any atom is 0.161 e. The molecular formula is C26H27N7O2. The van der Waals surface area contributed by atoms with Crippen molar-refractivity contribution in [3.8, 4) is 16.9 Å². The summed E-state index contributed by atoms with van der Waals surface area (Å²) in [6.07, 6.45) is 5.49. The predicted octanol–water partition coefficient (Wildman–Crippen LogP) is 4.04. The van der Waals surface area contributed by atoms with Gasteiger partial charge in [-0.1, -0.05) is 19.1 Å². The summed E-state index contributed by atoms with van der Waals surface area (Å²) in [7, 11) is 3.52. The second-order valence-electron chi connectivity index (χ2n) is 8.51. The normalized spacial score (nSPS) is 13.0. The predicted molar refractivity (Wildman–Crippen MR) is 134 cm³/mol. The van der Waals surface area contributed by atoms with E-state index in [1.165, 1.54) is 0 Å². The highest BCUT2D eigenvalue weighted by molar-refractivity contribution is 5.70. The number of aliphatic hydroxyl groups is 1. The van der Waals surface area contributed by atoms with E-state index < -0.39 is 0 Å². The zero-order chi connectivity index (χ0) is 24.4. The fraction of sp³-hybridized carbons (Fsp3) is 0.231. The lowest BCUT2D eigenvalue weighted by Gasteiger charge is -2.21. The van der Waals surface area contributed by atoms with Crippen LogP contribution in [0.5, 0.6) is 5.75 Å². The first-order valence-corrected chi connectivity index (χ1v) is 11.4. The number of ether oxygens (including phenoxy) is 1. The van der Waals surface area contributed by atoms with Gasteiger partial charge in [0.25, 0.3) is 0 Å². The van der Waals surface area contributed by atoms with Gasteiger partial charge in [-0.25, -0.2) is 4.98 Å². The molecule has 0 amide bonds. The van der Waals surface area contributed by atoms with E-state index in [2.05, 4.69) is 25.6 Å². The lowest BCUT2D eigenvalue weighted by Crippen LogP contribution is -2.18. The Balaban J connectivity index is 1.48. The monoisotopic (exact) mass is 469 g/mol. The zero-order valence-corrected chi connectivity index (χ0v) is 19.8. The van der Waals surface area contributed by atoms with Crippen LogP contribution in [0.4, 0.5) is 11.6 Å². The highest BCUT2D eigenvalue weighted by Crippen LogP contribution is 2.33. The number of aliphatic hydroxyl groups excluding tert-OH is 1. The van der Waals surface area contributed by atoms with Crippen molar-refractivity contribution in [2.45, 2.75) is 12.8 Å². The molecule has 0 saturated carbocycles. The lowest BCUT2D eigenvalue weighted by molar-refractivity contribution is 0.222. The molecule has 35 heavy (non-hydrogen) atoms. The molecule has 178 valence electrons. The van der Waals surface area contributed by atoms with Gasteiger partial charge in [0.15, 0.2) is 5.65 Å². The van der Waals surface area contributed by atoms with E-state index in [4.69, 9.17) is 4.74 Å². The van der Waals surface area contributed by atoms with E-state index in [1.807, 2.05) is 79.2 Å². The number of pyridine rings is 2. The zero-order valence-electron chi connectivity index (χ0n) is 19.8. The van der Waals surface area contributed by atoms with Crippen LogP contribution in [0, 0.1) is 5.92 Å². The molecule has 5 rings (SSSR count). The van der Waals surface area contributed by atoms with Gasteiger partial charge in [-0.2, -0.15) is 5.10 Å². The van der Waals surface area contributed by atoms with Gasteiger partial charge in [-0.05, 0) is 59.0 Å².